The van der Waals surface area contributed by atoms with Crippen molar-refractivity contribution in [1.82, 2.24) is 10.2 Å². The number of amides is 2. The molecule has 4 heteroatoms. The van der Waals surface area contributed by atoms with Crippen molar-refractivity contribution in [3.63, 3.8) is 0 Å². The van der Waals surface area contributed by atoms with E-state index in [2.05, 4.69) is 43.4 Å². The van der Waals surface area contributed by atoms with Crippen LogP contribution in [-0.2, 0) is 22.6 Å². The summed E-state index contributed by atoms with van der Waals surface area (Å²) >= 11 is 0. The summed E-state index contributed by atoms with van der Waals surface area (Å²) in [6.45, 7) is 11.1. The molecule has 156 valence electrons. The summed E-state index contributed by atoms with van der Waals surface area (Å²) in [5.74, 6) is 0.379. The number of carbonyl (C=O) groups excluding carboxylic acids is 2. The number of benzene rings is 2. The van der Waals surface area contributed by atoms with E-state index in [1.165, 1.54) is 5.56 Å². The van der Waals surface area contributed by atoms with Crippen LogP contribution in [-0.4, -0.2) is 29.3 Å². The van der Waals surface area contributed by atoms with Crippen molar-refractivity contribution in [2.24, 2.45) is 0 Å². The number of rotatable bonds is 9. The van der Waals surface area contributed by atoms with E-state index >= 15 is 0 Å². The lowest BCUT2D eigenvalue weighted by Gasteiger charge is -2.29. The fourth-order valence-electron chi connectivity index (χ4n) is 3.34. The van der Waals surface area contributed by atoms with Crippen molar-refractivity contribution in [2.45, 2.75) is 66.0 Å². The number of carbonyl (C=O) groups is 2. The molecule has 2 rings (SSSR count). The van der Waals surface area contributed by atoms with Gasteiger partial charge in [-0.2, -0.15) is 0 Å². The Bertz CT molecular complexity index is 812. The zero-order chi connectivity index (χ0) is 21.4. The van der Waals surface area contributed by atoms with Crippen LogP contribution < -0.4 is 5.32 Å². The zero-order valence-electron chi connectivity index (χ0n) is 18.4. The Hall–Kier alpha value is -2.62. The van der Waals surface area contributed by atoms with Gasteiger partial charge in [0.25, 0.3) is 0 Å². The first kappa shape index (κ1) is 22.7. The van der Waals surface area contributed by atoms with E-state index < -0.39 is 6.04 Å². The SMILES string of the molecule is CCNC(=O)[C@@H](C)N(Cc1ccccc1C)C(=O)CCc1ccc(C(C)C)cc1. The summed E-state index contributed by atoms with van der Waals surface area (Å²) in [5, 5.41) is 2.84. The van der Waals surface area contributed by atoms with Crippen LogP contribution in [0.15, 0.2) is 48.5 Å². The lowest BCUT2D eigenvalue weighted by Crippen LogP contribution is -2.47. The lowest BCUT2D eigenvalue weighted by atomic mass is 10.00. The molecule has 2 aromatic rings. The maximum absolute atomic E-state index is 13.1. The largest absolute Gasteiger partial charge is 0.355 e. The average Bonchev–Trinajstić information content (AvgIpc) is 2.71. The second-order valence-corrected chi connectivity index (χ2v) is 7.91. The van der Waals surface area contributed by atoms with Crippen molar-refractivity contribution in [1.29, 1.82) is 0 Å². The molecule has 4 nitrogen and oxygen atoms in total. The van der Waals surface area contributed by atoms with Gasteiger partial charge in [0.2, 0.25) is 11.8 Å². The summed E-state index contributed by atoms with van der Waals surface area (Å²) in [5.41, 5.74) is 4.63. The monoisotopic (exact) mass is 394 g/mol. The fraction of sp³-hybridized carbons (Fsp3) is 0.440. The van der Waals surface area contributed by atoms with Gasteiger partial charge in [-0.05, 0) is 55.4 Å². The molecule has 0 fully saturated rings. The van der Waals surface area contributed by atoms with E-state index in [9.17, 15) is 9.59 Å². The van der Waals surface area contributed by atoms with E-state index in [4.69, 9.17) is 0 Å². The molecule has 0 aliphatic rings. The molecule has 0 aliphatic carbocycles. The Kier molecular flexibility index (Phi) is 8.44. The summed E-state index contributed by atoms with van der Waals surface area (Å²) in [6.07, 6.45) is 1.06. The van der Waals surface area contributed by atoms with Gasteiger partial charge in [-0.1, -0.05) is 62.4 Å². The molecule has 0 saturated heterocycles. The van der Waals surface area contributed by atoms with Crippen LogP contribution in [0.4, 0.5) is 0 Å². The van der Waals surface area contributed by atoms with Crippen LogP contribution in [0.25, 0.3) is 0 Å². The quantitative estimate of drug-likeness (QED) is 0.675. The topological polar surface area (TPSA) is 49.4 Å². The highest BCUT2D eigenvalue weighted by Gasteiger charge is 2.25. The van der Waals surface area contributed by atoms with Gasteiger partial charge in [0.1, 0.15) is 6.04 Å². The Balaban J connectivity index is 2.12. The van der Waals surface area contributed by atoms with Gasteiger partial charge in [0.15, 0.2) is 0 Å². The van der Waals surface area contributed by atoms with Gasteiger partial charge in [-0.25, -0.2) is 0 Å². The highest BCUT2D eigenvalue weighted by molar-refractivity contribution is 5.87. The Morgan fingerprint density at radius 3 is 2.24 bits per heavy atom. The van der Waals surface area contributed by atoms with Crippen LogP contribution in [0.1, 0.15) is 62.3 Å². The van der Waals surface area contributed by atoms with E-state index in [1.54, 1.807) is 11.8 Å². The van der Waals surface area contributed by atoms with Gasteiger partial charge in [0.05, 0.1) is 0 Å². The van der Waals surface area contributed by atoms with Gasteiger partial charge < -0.3 is 10.2 Å². The second-order valence-electron chi connectivity index (χ2n) is 7.91. The second kappa shape index (κ2) is 10.8. The molecule has 0 bridgehead atoms. The van der Waals surface area contributed by atoms with Crippen LogP contribution in [0.2, 0.25) is 0 Å². The smallest absolute Gasteiger partial charge is 0.242 e. The predicted octanol–water partition coefficient (Wildman–Crippen LogP) is 4.60. The van der Waals surface area contributed by atoms with Crippen molar-refractivity contribution >= 4 is 11.8 Å². The Labute approximate surface area is 175 Å². The zero-order valence-corrected chi connectivity index (χ0v) is 18.4. The minimum Gasteiger partial charge on any atom is -0.355 e. The highest BCUT2D eigenvalue weighted by Crippen LogP contribution is 2.18. The first-order chi connectivity index (χ1) is 13.8. The first-order valence-corrected chi connectivity index (χ1v) is 10.5. The molecule has 1 N–H and O–H groups in total. The molecule has 2 aromatic carbocycles. The molecule has 0 spiro atoms. The third-order valence-electron chi connectivity index (χ3n) is 5.39. The molecule has 0 heterocycles. The van der Waals surface area contributed by atoms with Gasteiger partial charge >= 0.3 is 0 Å². The molecule has 1 atom stereocenters. The normalized spacial score (nSPS) is 11.9. The van der Waals surface area contributed by atoms with Crippen LogP contribution in [0.3, 0.4) is 0 Å². The Morgan fingerprint density at radius 1 is 1.00 bits per heavy atom. The third kappa shape index (κ3) is 6.45. The molecule has 2 amide bonds. The Morgan fingerprint density at radius 2 is 1.66 bits per heavy atom. The lowest BCUT2D eigenvalue weighted by molar-refractivity contribution is -0.140. The number of hydrogen-bond acceptors (Lipinski definition) is 2. The van der Waals surface area contributed by atoms with Crippen molar-refractivity contribution in [2.75, 3.05) is 6.54 Å². The van der Waals surface area contributed by atoms with Crippen LogP contribution in [0.5, 0.6) is 0 Å². The highest BCUT2D eigenvalue weighted by atomic mass is 16.2. The maximum Gasteiger partial charge on any atom is 0.242 e. The fourth-order valence-corrected chi connectivity index (χ4v) is 3.34. The standard InChI is InChI=1S/C25H34N2O2/c1-6-26-25(29)20(5)27(17-23-10-8-7-9-19(23)4)24(28)16-13-21-11-14-22(15-12-21)18(2)3/h7-12,14-15,18,20H,6,13,16-17H2,1-5H3,(H,26,29)/t20-/m1/s1. The average molecular weight is 395 g/mol. The molecule has 29 heavy (non-hydrogen) atoms. The predicted molar refractivity (Wildman–Crippen MR) is 119 cm³/mol. The van der Waals surface area contributed by atoms with E-state index in [-0.39, 0.29) is 11.8 Å². The van der Waals surface area contributed by atoms with Crippen molar-refractivity contribution < 1.29 is 9.59 Å². The molecule has 0 radical (unpaired) electrons. The summed E-state index contributed by atoms with van der Waals surface area (Å²) in [4.78, 5) is 27.2. The molecular formula is C25H34N2O2. The molecule has 0 aliphatic heterocycles. The number of hydrogen-bond donors (Lipinski definition) is 1. The van der Waals surface area contributed by atoms with Gasteiger partial charge in [-0.15, -0.1) is 0 Å². The summed E-state index contributed by atoms with van der Waals surface area (Å²) in [7, 11) is 0. The molecular weight excluding hydrogens is 360 g/mol. The maximum atomic E-state index is 13.1. The van der Waals surface area contributed by atoms with E-state index in [0.717, 1.165) is 16.7 Å². The van der Waals surface area contributed by atoms with Crippen LogP contribution in [0, 0.1) is 6.92 Å². The number of nitrogens with one attached hydrogen (secondary N) is 1. The van der Waals surface area contributed by atoms with Gasteiger partial charge in [-0.3, -0.25) is 9.59 Å². The summed E-state index contributed by atoms with van der Waals surface area (Å²) in [6, 6.07) is 16.0. The molecule has 0 saturated carbocycles. The molecule has 0 unspecified atom stereocenters. The number of likely N-dealkylation sites (N-methyl/N-ethyl adjacent to an activating group) is 1. The number of aryl methyl sites for hydroxylation is 2. The van der Waals surface area contributed by atoms with Crippen molar-refractivity contribution in [3.8, 4) is 0 Å². The van der Waals surface area contributed by atoms with Crippen molar-refractivity contribution in [3.05, 3.63) is 70.8 Å². The van der Waals surface area contributed by atoms with E-state index in [1.807, 2.05) is 38.1 Å². The third-order valence-corrected chi connectivity index (χ3v) is 5.39. The van der Waals surface area contributed by atoms with E-state index in [0.29, 0.717) is 31.8 Å². The minimum absolute atomic E-state index is 0.0000535. The minimum atomic E-state index is -0.509. The number of nitrogens with zero attached hydrogens (tertiary/aromatic N) is 1. The molecule has 0 aromatic heterocycles. The van der Waals surface area contributed by atoms with Gasteiger partial charge in [0, 0.05) is 19.5 Å². The van der Waals surface area contributed by atoms with Crippen LogP contribution >= 0.6 is 0 Å². The first-order valence-electron chi connectivity index (χ1n) is 10.5. The summed E-state index contributed by atoms with van der Waals surface area (Å²) < 4.78 is 0.